The minimum absolute atomic E-state index is 0.0871. The number of rotatable bonds is 10. The van der Waals surface area contributed by atoms with Crippen LogP contribution in [0.15, 0.2) is 33.9 Å². The number of thioether (sulfide) groups is 1. The summed E-state index contributed by atoms with van der Waals surface area (Å²) in [6, 6.07) is 5.20. The van der Waals surface area contributed by atoms with Gasteiger partial charge < -0.3 is 15.8 Å². The zero-order chi connectivity index (χ0) is 23.8. The minimum atomic E-state index is -0.958. The van der Waals surface area contributed by atoms with Gasteiger partial charge in [-0.05, 0) is 37.6 Å². The first-order valence-corrected chi connectivity index (χ1v) is 10.7. The Labute approximate surface area is 186 Å². The third kappa shape index (κ3) is 6.54. The molecule has 0 bridgehead atoms. The van der Waals surface area contributed by atoms with Crippen molar-refractivity contribution in [1.29, 1.82) is 0 Å². The SMILES string of the molecule is CCCn1c(N)c(C(=O)COC(=O)[C@@H](C)SCC(=O)Nc2ccc(F)cc2)c(=O)[nH]c1=O. The van der Waals surface area contributed by atoms with Crippen molar-refractivity contribution >= 4 is 40.9 Å². The van der Waals surface area contributed by atoms with Crippen molar-refractivity contribution in [3.05, 3.63) is 56.5 Å². The first kappa shape index (κ1) is 24.9. The number of ether oxygens (including phenoxy) is 1. The molecule has 1 atom stereocenters. The number of aromatic nitrogens is 2. The van der Waals surface area contributed by atoms with Crippen molar-refractivity contribution in [1.82, 2.24) is 9.55 Å². The van der Waals surface area contributed by atoms with Gasteiger partial charge in [-0.1, -0.05) is 6.92 Å². The van der Waals surface area contributed by atoms with Gasteiger partial charge in [-0.25, -0.2) is 9.18 Å². The van der Waals surface area contributed by atoms with Gasteiger partial charge in [-0.3, -0.25) is 28.7 Å². The molecule has 32 heavy (non-hydrogen) atoms. The third-order valence-electron chi connectivity index (χ3n) is 4.24. The molecule has 4 N–H and O–H groups in total. The molecule has 1 aromatic heterocycles. The first-order chi connectivity index (χ1) is 15.1. The summed E-state index contributed by atoms with van der Waals surface area (Å²) in [4.78, 5) is 62.3. The lowest BCUT2D eigenvalue weighted by atomic mass is 10.2. The molecule has 2 rings (SSSR count). The molecule has 0 spiro atoms. The number of benzene rings is 1. The summed E-state index contributed by atoms with van der Waals surface area (Å²) >= 11 is 0.970. The lowest BCUT2D eigenvalue weighted by Crippen LogP contribution is -2.37. The van der Waals surface area contributed by atoms with Crippen molar-refractivity contribution in [2.45, 2.75) is 32.1 Å². The Morgan fingerprint density at radius 1 is 1.25 bits per heavy atom. The molecule has 0 aliphatic carbocycles. The van der Waals surface area contributed by atoms with Gasteiger partial charge in [0.25, 0.3) is 5.56 Å². The molecule has 1 amide bonds. The second-order valence-corrected chi connectivity index (χ2v) is 8.04. The molecule has 1 aromatic carbocycles. The average Bonchev–Trinajstić information content (AvgIpc) is 2.74. The van der Waals surface area contributed by atoms with Crippen LogP contribution in [0.3, 0.4) is 0 Å². The molecular weight excluding hydrogens is 443 g/mol. The number of aromatic amines is 1. The lowest BCUT2D eigenvalue weighted by molar-refractivity contribution is -0.141. The Balaban J connectivity index is 1.90. The Morgan fingerprint density at radius 2 is 1.91 bits per heavy atom. The number of esters is 1. The highest BCUT2D eigenvalue weighted by Crippen LogP contribution is 2.15. The van der Waals surface area contributed by atoms with E-state index in [-0.39, 0.29) is 18.1 Å². The number of carbonyl (C=O) groups excluding carboxylic acids is 3. The summed E-state index contributed by atoms with van der Waals surface area (Å²) in [5.41, 5.74) is 4.07. The van der Waals surface area contributed by atoms with E-state index >= 15 is 0 Å². The van der Waals surface area contributed by atoms with Crippen LogP contribution in [0.4, 0.5) is 15.9 Å². The number of hydrogen-bond acceptors (Lipinski definition) is 8. The van der Waals surface area contributed by atoms with E-state index in [1.54, 1.807) is 6.92 Å². The molecule has 0 radical (unpaired) electrons. The van der Waals surface area contributed by atoms with Gasteiger partial charge in [0, 0.05) is 12.2 Å². The number of Topliss-reactive ketones (excluding diaryl/α,β-unsaturated/α-hetero) is 1. The van der Waals surface area contributed by atoms with Crippen molar-refractivity contribution in [2.24, 2.45) is 0 Å². The maximum atomic E-state index is 12.9. The van der Waals surface area contributed by atoms with Crippen LogP contribution < -0.4 is 22.3 Å². The lowest BCUT2D eigenvalue weighted by Gasteiger charge is -2.13. The van der Waals surface area contributed by atoms with Crippen LogP contribution in [0.5, 0.6) is 0 Å². The highest BCUT2D eigenvalue weighted by atomic mass is 32.2. The molecular formula is C20H23FN4O6S. The predicted molar refractivity (Wildman–Crippen MR) is 118 cm³/mol. The van der Waals surface area contributed by atoms with Crippen molar-refractivity contribution in [3.63, 3.8) is 0 Å². The average molecular weight is 466 g/mol. The number of carbonyl (C=O) groups is 3. The number of halogens is 1. The number of nitrogens with two attached hydrogens (primary N) is 1. The molecule has 0 aliphatic rings. The van der Waals surface area contributed by atoms with E-state index in [4.69, 9.17) is 10.5 Å². The Bertz CT molecular complexity index is 1110. The quantitative estimate of drug-likeness (QED) is 0.348. The number of amides is 1. The minimum Gasteiger partial charge on any atom is -0.456 e. The summed E-state index contributed by atoms with van der Waals surface area (Å²) in [5, 5.41) is 1.77. The van der Waals surface area contributed by atoms with Crippen molar-refractivity contribution < 1.29 is 23.5 Å². The summed E-state index contributed by atoms with van der Waals surface area (Å²) in [6.07, 6.45) is 0.544. The van der Waals surface area contributed by atoms with Gasteiger partial charge in [-0.2, -0.15) is 0 Å². The number of nitrogens with one attached hydrogen (secondary N) is 2. The topological polar surface area (TPSA) is 153 Å². The second-order valence-electron chi connectivity index (χ2n) is 6.71. The largest absolute Gasteiger partial charge is 0.456 e. The van der Waals surface area contributed by atoms with Crippen LogP contribution in [0, 0.1) is 5.82 Å². The summed E-state index contributed by atoms with van der Waals surface area (Å²) in [5.74, 6) is -2.84. The molecule has 0 aliphatic heterocycles. The van der Waals surface area contributed by atoms with Gasteiger partial charge in [0.05, 0.1) is 5.75 Å². The Kier molecular flexibility index (Phi) is 8.76. The van der Waals surface area contributed by atoms with E-state index in [0.29, 0.717) is 12.1 Å². The molecule has 172 valence electrons. The maximum absolute atomic E-state index is 12.9. The number of nitrogens with zero attached hydrogens (tertiary/aromatic N) is 1. The predicted octanol–water partition coefficient (Wildman–Crippen LogP) is 1.15. The molecule has 12 heteroatoms. The fourth-order valence-corrected chi connectivity index (χ4v) is 3.31. The van der Waals surface area contributed by atoms with E-state index in [1.807, 2.05) is 4.98 Å². The van der Waals surface area contributed by atoms with E-state index < -0.39 is 52.1 Å². The van der Waals surface area contributed by atoms with E-state index in [2.05, 4.69) is 5.32 Å². The second kappa shape index (κ2) is 11.3. The fourth-order valence-electron chi connectivity index (χ4n) is 2.63. The number of anilines is 2. The molecule has 1 heterocycles. The molecule has 2 aromatic rings. The Morgan fingerprint density at radius 3 is 2.53 bits per heavy atom. The highest BCUT2D eigenvalue weighted by molar-refractivity contribution is 8.01. The van der Waals surface area contributed by atoms with Gasteiger partial charge in [0.15, 0.2) is 6.61 Å². The van der Waals surface area contributed by atoms with Crippen LogP contribution in [0.1, 0.15) is 30.6 Å². The van der Waals surface area contributed by atoms with Crippen LogP contribution in [-0.2, 0) is 20.9 Å². The monoisotopic (exact) mass is 466 g/mol. The van der Waals surface area contributed by atoms with Gasteiger partial charge in [-0.15, -0.1) is 11.8 Å². The standard InChI is InChI=1S/C20H23FN4O6S/c1-3-8-25-17(22)16(18(28)24-20(25)30)14(26)9-31-19(29)11(2)32-10-15(27)23-13-6-4-12(21)5-7-13/h4-7,11H,3,8-10,22H2,1-2H3,(H,23,27)(H,24,28,30)/t11-/m1/s1. The van der Waals surface area contributed by atoms with Crippen LogP contribution in [0.25, 0.3) is 0 Å². The molecule has 0 saturated carbocycles. The fraction of sp³-hybridized carbons (Fsp3) is 0.350. The van der Waals surface area contributed by atoms with E-state index in [9.17, 15) is 28.4 Å². The van der Waals surface area contributed by atoms with Crippen LogP contribution in [-0.4, -0.2) is 44.8 Å². The smallest absolute Gasteiger partial charge is 0.329 e. The van der Waals surface area contributed by atoms with Crippen molar-refractivity contribution in [3.8, 4) is 0 Å². The van der Waals surface area contributed by atoms with Gasteiger partial charge in [0.2, 0.25) is 11.7 Å². The molecule has 0 saturated heterocycles. The first-order valence-electron chi connectivity index (χ1n) is 9.63. The maximum Gasteiger partial charge on any atom is 0.329 e. The molecule has 0 fully saturated rings. The van der Waals surface area contributed by atoms with Crippen LogP contribution >= 0.6 is 11.8 Å². The van der Waals surface area contributed by atoms with Gasteiger partial charge in [0.1, 0.15) is 22.4 Å². The number of hydrogen-bond donors (Lipinski definition) is 3. The van der Waals surface area contributed by atoms with Crippen molar-refractivity contribution in [2.75, 3.05) is 23.4 Å². The molecule has 0 unspecified atom stereocenters. The third-order valence-corrected chi connectivity index (χ3v) is 5.36. The summed E-state index contributed by atoms with van der Waals surface area (Å²) < 4.78 is 18.9. The summed E-state index contributed by atoms with van der Waals surface area (Å²) in [7, 11) is 0. The number of H-pyrrole nitrogens is 1. The number of ketones is 1. The normalized spacial score (nSPS) is 11.6. The zero-order valence-electron chi connectivity index (χ0n) is 17.5. The van der Waals surface area contributed by atoms with Crippen LogP contribution in [0.2, 0.25) is 0 Å². The molecule has 10 nitrogen and oxygen atoms in total. The van der Waals surface area contributed by atoms with E-state index in [1.165, 1.54) is 31.2 Å². The highest BCUT2D eigenvalue weighted by Gasteiger charge is 2.23. The zero-order valence-corrected chi connectivity index (χ0v) is 18.3. The summed E-state index contributed by atoms with van der Waals surface area (Å²) in [6.45, 7) is 2.74. The Hall–Kier alpha value is -3.41. The van der Waals surface area contributed by atoms with E-state index in [0.717, 1.165) is 16.3 Å². The number of nitrogen functional groups attached to an aromatic ring is 1. The van der Waals surface area contributed by atoms with Gasteiger partial charge >= 0.3 is 11.7 Å².